The van der Waals surface area contributed by atoms with Crippen LogP contribution in [0.2, 0.25) is 5.02 Å². The fraction of sp³-hybridized carbons (Fsp3) is 0.133. The highest BCUT2D eigenvalue weighted by molar-refractivity contribution is 7.98. The van der Waals surface area contributed by atoms with Crippen LogP contribution in [0.3, 0.4) is 0 Å². The highest BCUT2D eigenvalue weighted by atomic mass is 35.5. The number of carbonyl (C=O) groups excluding carboxylic acids is 1. The maximum Gasteiger partial charge on any atom is 0.187 e. The lowest BCUT2D eigenvalue weighted by atomic mass is 10.1. The van der Waals surface area contributed by atoms with E-state index in [0.717, 1.165) is 4.90 Å². The van der Waals surface area contributed by atoms with Crippen molar-refractivity contribution in [1.29, 1.82) is 0 Å². The Bertz CT molecular complexity index is 753. The molecule has 0 aliphatic carbocycles. The number of thioether (sulfide) groups is 1. The summed E-state index contributed by atoms with van der Waals surface area (Å²) in [5.74, 6) is -1.03. The standard InChI is InChI=1S/C15H13ClO3S2/c1-20-12-8-6-11(7-9-12)14(17)10-21(18,19)15-5-3-2-4-13(15)16/h2-9H,10H2,1H3. The summed E-state index contributed by atoms with van der Waals surface area (Å²) < 4.78 is 24.5. The smallest absolute Gasteiger partial charge is 0.187 e. The molecule has 0 bridgehead atoms. The Balaban J connectivity index is 2.24. The van der Waals surface area contributed by atoms with Crippen molar-refractivity contribution in [2.24, 2.45) is 0 Å². The molecule has 0 aromatic heterocycles. The molecule has 0 aliphatic rings. The van der Waals surface area contributed by atoms with Gasteiger partial charge in [-0.3, -0.25) is 4.79 Å². The van der Waals surface area contributed by atoms with E-state index >= 15 is 0 Å². The lowest BCUT2D eigenvalue weighted by molar-refractivity contribution is 0.102. The Morgan fingerprint density at radius 1 is 1.10 bits per heavy atom. The molecule has 0 saturated heterocycles. The third-order valence-electron chi connectivity index (χ3n) is 2.90. The predicted octanol–water partition coefficient (Wildman–Crippen LogP) is 3.72. The number of sulfone groups is 1. The maximum atomic E-state index is 12.3. The normalized spacial score (nSPS) is 11.3. The molecular weight excluding hydrogens is 328 g/mol. The second-order valence-corrected chi connectivity index (χ2v) is 7.59. The van der Waals surface area contributed by atoms with Gasteiger partial charge in [-0.1, -0.05) is 35.9 Å². The van der Waals surface area contributed by atoms with Gasteiger partial charge < -0.3 is 0 Å². The Morgan fingerprint density at radius 3 is 2.29 bits per heavy atom. The SMILES string of the molecule is CSc1ccc(C(=O)CS(=O)(=O)c2ccccc2Cl)cc1. The molecule has 0 spiro atoms. The van der Waals surface area contributed by atoms with Gasteiger partial charge in [0, 0.05) is 10.5 Å². The molecule has 0 heterocycles. The Morgan fingerprint density at radius 2 is 1.71 bits per heavy atom. The lowest BCUT2D eigenvalue weighted by Crippen LogP contribution is -2.16. The van der Waals surface area contributed by atoms with Crippen LogP contribution < -0.4 is 0 Å². The van der Waals surface area contributed by atoms with E-state index in [1.807, 2.05) is 6.26 Å². The number of ketones is 1. The van der Waals surface area contributed by atoms with Gasteiger partial charge in [-0.2, -0.15) is 0 Å². The van der Waals surface area contributed by atoms with E-state index < -0.39 is 21.4 Å². The third kappa shape index (κ3) is 3.87. The van der Waals surface area contributed by atoms with Crippen LogP contribution in [0.1, 0.15) is 10.4 Å². The van der Waals surface area contributed by atoms with Gasteiger partial charge in [0.05, 0.1) is 9.92 Å². The Labute approximate surface area is 133 Å². The van der Waals surface area contributed by atoms with Crippen LogP contribution in [-0.2, 0) is 9.84 Å². The molecule has 2 rings (SSSR count). The van der Waals surface area contributed by atoms with E-state index in [9.17, 15) is 13.2 Å². The monoisotopic (exact) mass is 340 g/mol. The van der Waals surface area contributed by atoms with Gasteiger partial charge in [-0.15, -0.1) is 11.8 Å². The van der Waals surface area contributed by atoms with Gasteiger partial charge in [0.15, 0.2) is 15.6 Å². The van der Waals surface area contributed by atoms with Crippen LogP contribution in [0.4, 0.5) is 0 Å². The zero-order valence-corrected chi connectivity index (χ0v) is 13.6. The second kappa shape index (κ2) is 6.64. The van der Waals surface area contributed by atoms with Crippen molar-refractivity contribution in [2.45, 2.75) is 9.79 Å². The van der Waals surface area contributed by atoms with Gasteiger partial charge in [0.1, 0.15) is 5.75 Å². The number of hydrogen-bond acceptors (Lipinski definition) is 4. The van der Waals surface area contributed by atoms with Crippen LogP contribution in [0.5, 0.6) is 0 Å². The first-order valence-corrected chi connectivity index (χ1v) is 9.34. The minimum absolute atomic E-state index is 0.0132. The molecule has 0 aliphatic heterocycles. The lowest BCUT2D eigenvalue weighted by Gasteiger charge is -2.06. The molecule has 21 heavy (non-hydrogen) atoms. The molecule has 110 valence electrons. The molecule has 0 amide bonds. The number of Topliss-reactive ketones (excluding diaryl/α,β-unsaturated/α-hetero) is 1. The second-order valence-electron chi connectivity index (χ2n) is 4.34. The average Bonchev–Trinajstić information content (AvgIpc) is 2.47. The van der Waals surface area contributed by atoms with Crippen molar-refractivity contribution in [1.82, 2.24) is 0 Å². The first-order chi connectivity index (χ1) is 9.94. The summed E-state index contributed by atoms with van der Waals surface area (Å²) in [5, 5.41) is 0.128. The van der Waals surface area contributed by atoms with E-state index in [4.69, 9.17) is 11.6 Å². The molecule has 0 fully saturated rings. The van der Waals surface area contributed by atoms with Crippen LogP contribution in [-0.4, -0.2) is 26.2 Å². The number of rotatable bonds is 5. The third-order valence-corrected chi connectivity index (χ3v) is 5.76. The molecule has 0 atom stereocenters. The maximum absolute atomic E-state index is 12.3. The quantitative estimate of drug-likeness (QED) is 0.615. The molecule has 0 N–H and O–H groups in total. The molecule has 2 aromatic carbocycles. The topological polar surface area (TPSA) is 51.2 Å². The summed E-state index contributed by atoms with van der Waals surface area (Å²) in [6, 6.07) is 13.0. The summed E-state index contributed by atoms with van der Waals surface area (Å²) in [5.41, 5.74) is 0.378. The Kier molecular flexibility index (Phi) is 5.08. The van der Waals surface area contributed by atoms with Crippen LogP contribution >= 0.6 is 23.4 Å². The van der Waals surface area contributed by atoms with Crippen molar-refractivity contribution in [3.63, 3.8) is 0 Å². The number of carbonyl (C=O) groups is 1. The fourth-order valence-electron chi connectivity index (χ4n) is 1.81. The first kappa shape index (κ1) is 16.1. The van der Waals surface area contributed by atoms with Gasteiger partial charge in [-0.25, -0.2) is 8.42 Å². The molecule has 0 unspecified atom stereocenters. The van der Waals surface area contributed by atoms with E-state index in [1.54, 1.807) is 48.2 Å². The summed E-state index contributed by atoms with van der Waals surface area (Å²) in [4.78, 5) is 13.1. The number of benzene rings is 2. The Hall–Kier alpha value is -1.30. The minimum Gasteiger partial charge on any atom is -0.293 e. The van der Waals surface area contributed by atoms with E-state index in [1.165, 1.54) is 12.1 Å². The van der Waals surface area contributed by atoms with Gasteiger partial charge >= 0.3 is 0 Å². The fourth-order valence-corrected chi connectivity index (χ4v) is 4.02. The van der Waals surface area contributed by atoms with Gasteiger partial charge in [-0.05, 0) is 30.5 Å². The highest BCUT2D eigenvalue weighted by Crippen LogP contribution is 2.23. The van der Waals surface area contributed by atoms with Gasteiger partial charge in [0.25, 0.3) is 0 Å². The predicted molar refractivity (Wildman–Crippen MR) is 86.1 cm³/mol. The van der Waals surface area contributed by atoms with Crippen molar-refractivity contribution >= 4 is 39.0 Å². The summed E-state index contributed by atoms with van der Waals surface area (Å²) in [6.45, 7) is 0. The van der Waals surface area contributed by atoms with E-state index in [-0.39, 0.29) is 9.92 Å². The summed E-state index contributed by atoms with van der Waals surface area (Å²) in [7, 11) is -3.74. The van der Waals surface area contributed by atoms with Crippen LogP contribution in [0, 0.1) is 0 Å². The number of halogens is 1. The van der Waals surface area contributed by atoms with E-state index in [2.05, 4.69) is 0 Å². The van der Waals surface area contributed by atoms with Crippen molar-refractivity contribution < 1.29 is 13.2 Å². The highest BCUT2D eigenvalue weighted by Gasteiger charge is 2.22. The zero-order valence-electron chi connectivity index (χ0n) is 11.2. The molecule has 0 radical (unpaired) electrons. The molecule has 6 heteroatoms. The summed E-state index contributed by atoms with van der Waals surface area (Å²) >= 11 is 7.44. The van der Waals surface area contributed by atoms with Crippen molar-refractivity contribution in [3.8, 4) is 0 Å². The molecule has 2 aromatic rings. The first-order valence-electron chi connectivity index (χ1n) is 6.08. The van der Waals surface area contributed by atoms with Crippen molar-refractivity contribution in [2.75, 3.05) is 12.0 Å². The van der Waals surface area contributed by atoms with Gasteiger partial charge in [0.2, 0.25) is 0 Å². The van der Waals surface area contributed by atoms with E-state index in [0.29, 0.717) is 5.56 Å². The molecule has 0 saturated carbocycles. The average molecular weight is 341 g/mol. The summed E-state index contributed by atoms with van der Waals surface area (Å²) in [6.07, 6.45) is 1.93. The largest absolute Gasteiger partial charge is 0.293 e. The van der Waals surface area contributed by atoms with Crippen LogP contribution in [0.15, 0.2) is 58.3 Å². The minimum atomic E-state index is -3.74. The number of hydrogen-bond donors (Lipinski definition) is 0. The van der Waals surface area contributed by atoms with Crippen molar-refractivity contribution in [3.05, 3.63) is 59.1 Å². The van der Waals surface area contributed by atoms with Crippen LogP contribution in [0.25, 0.3) is 0 Å². The zero-order chi connectivity index (χ0) is 15.5. The molecular formula is C15H13ClO3S2. The molecule has 3 nitrogen and oxygen atoms in total.